The zero-order valence-corrected chi connectivity index (χ0v) is 13.1. The average molecular weight is 324 g/mol. The van der Waals surface area contributed by atoms with Gasteiger partial charge in [0.1, 0.15) is 6.17 Å². The van der Waals surface area contributed by atoms with Crippen LogP contribution in [0.1, 0.15) is 38.9 Å². The first-order valence-electron chi connectivity index (χ1n) is 7.71. The van der Waals surface area contributed by atoms with Crippen LogP contribution in [-0.4, -0.2) is 30.5 Å². The van der Waals surface area contributed by atoms with Gasteiger partial charge in [-0.2, -0.15) is 0 Å². The summed E-state index contributed by atoms with van der Waals surface area (Å²) < 4.78 is 5.16. The number of amides is 1. The van der Waals surface area contributed by atoms with Crippen LogP contribution < -0.4 is 15.0 Å². The number of nitrogens with one attached hydrogen (secondary N) is 1. The number of anilines is 1. The van der Waals surface area contributed by atoms with Crippen LogP contribution in [0.15, 0.2) is 36.4 Å². The Kier molecular flexibility index (Phi) is 3.19. The van der Waals surface area contributed by atoms with Crippen molar-refractivity contribution in [2.45, 2.75) is 12.6 Å². The summed E-state index contributed by atoms with van der Waals surface area (Å²) in [6, 6.07) is 10.2. The van der Waals surface area contributed by atoms with Crippen molar-refractivity contribution in [3.63, 3.8) is 0 Å². The molecule has 0 aliphatic carbocycles. The molecule has 0 aromatic heterocycles. The van der Waals surface area contributed by atoms with E-state index in [1.54, 1.807) is 30.3 Å². The second-order valence-corrected chi connectivity index (χ2v) is 5.88. The van der Waals surface area contributed by atoms with Crippen LogP contribution in [0.3, 0.4) is 0 Å². The average Bonchev–Trinajstić information content (AvgIpc) is 2.60. The summed E-state index contributed by atoms with van der Waals surface area (Å²) in [7, 11) is 1.48. The van der Waals surface area contributed by atoms with Crippen molar-refractivity contribution in [2.24, 2.45) is 0 Å². The number of carbonyl (C=O) groups is 2. The number of carbonyl (C=O) groups excluding carboxylic acids is 2. The molecule has 4 rings (SSSR count). The number of rotatable bonds is 2. The van der Waals surface area contributed by atoms with Crippen LogP contribution in [0.2, 0.25) is 0 Å². The van der Waals surface area contributed by atoms with Crippen LogP contribution in [0.25, 0.3) is 0 Å². The maximum absolute atomic E-state index is 12.5. The molecule has 6 heteroatoms. The third-order valence-electron chi connectivity index (χ3n) is 4.55. The van der Waals surface area contributed by atoms with Gasteiger partial charge in [0, 0.05) is 18.5 Å². The minimum Gasteiger partial charge on any atom is -0.504 e. The molecule has 2 aromatic rings. The smallest absolute Gasteiger partial charge is 0.255 e. The molecule has 0 spiro atoms. The highest BCUT2D eigenvalue weighted by Crippen LogP contribution is 2.40. The number of methoxy groups -OCH3 is 1. The van der Waals surface area contributed by atoms with E-state index in [-0.39, 0.29) is 17.4 Å². The van der Waals surface area contributed by atoms with Gasteiger partial charge in [-0.3, -0.25) is 9.59 Å². The third kappa shape index (κ3) is 2.03. The lowest BCUT2D eigenvalue weighted by molar-refractivity contribution is 0.0921. The van der Waals surface area contributed by atoms with Crippen LogP contribution in [-0.2, 0) is 0 Å². The van der Waals surface area contributed by atoms with Crippen molar-refractivity contribution in [2.75, 3.05) is 18.6 Å². The molecule has 2 N–H and O–H groups in total. The Bertz CT molecular complexity index is 848. The Hall–Kier alpha value is -3.02. The molecule has 0 saturated heterocycles. The van der Waals surface area contributed by atoms with Crippen molar-refractivity contribution in [3.8, 4) is 11.5 Å². The summed E-state index contributed by atoms with van der Waals surface area (Å²) in [4.78, 5) is 26.7. The maximum Gasteiger partial charge on any atom is 0.255 e. The molecule has 2 aromatic carbocycles. The first-order chi connectivity index (χ1) is 11.6. The van der Waals surface area contributed by atoms with Crippen molar-refractivity contribution in [1.82, 2.24) is 5.32 Å². The normalized spacial score (nSPS) is 18.9. The fourth-order valence-electron chi connectivity index (χ4n) is 3.40. The lowest BCUT2D eigenvalue weighted by Crippen LogP contribution is -2.49. The lowest BCUT2D eigenvalue weighted by Gasteiger charge is -2.42. The molecular weight excluding hydrogens is 308 g/mol. The fourth-order valence-corrected chi connectivity index (χ4v) is 3.40. The summed E-state index contributed by atoms with van der Waals surface area (Å²) in [5.41, 5.74) is 2.58. The zero-order chi connectivity index (χ0) is 16.8. The number of nitrogens with zero attached hydrogens (tertiary/aromatic N) is 1. The Balaban J connectivity index is 1.85. The summed E-state index contributed by atoms with van der Waals surface area (Å²) >= 11 is 0. The van der Waals surface area contributed by atoms with Crippen LogP contribution in [0.4, 0.5) is 5.69 Å². The van der Waals surface area contributed by atoms with Gasteiger partial charge in [0.2, 0.25) is 0 Å². The fraction of sp³-hybridized carbons (Fsp3) is 0.222. The number of para-hydroxylation sites is 1. The SMILES string of the molecule is COc1cc(C2NC(=O)c3cccc4c3N2CCC4=O)ccc1O. The number of Topliss-reactive ketones (excluding diaryl/α,β-unsaturated/α-hetero) is 1. The Morgan fingerprint density at radius 3 is 2.79 bits per heavy atom. The number of hydrogen-bond donors (Lipinski definition) is 2. The predicted molar refractivity (Wildman–Crippen MR) is 87.6 cm³/mol. The Labute approximate surface area is 138 Å². The van der Waals surface area contributed by atoms with Crippen molar-refractivity contribution >= 4 is 17.4 Å². The van der Waals surface area contributed by atoms with Crippen LogP contribution >= 0.6 is 0 Å². The summed E-state index contributed by atoms with van der Waals surface area (Å²) in [5, 5.41) is 12.8. The lowest BCUT2D eigenvalue weighted by atomic mass is 9.92. The quantitative estimate of drug-likeness (QED) is 0.886. The first-order valence-corrected chi connectivity index (χ1v) is 7.71. The molecular formula is C18H16N2O4. The minimum absolute atomic E-state index is 0.0401. The van der Waals surface area contributed by atoms with Gasteiger partial charge in [0.25, 0.3) is 5.91 Å². The van der Waals surface area contributed by atoms with Gasteiger partial charge in [-0.15, -0.1) is 0 Å². The molecule has 1 atom stereocenters. The topological polar surface area (TPSA) is 78.9 Å². The highest BCUT2D eigenvalue weighted by molar-refractivity contribution is 6.11. The number of ether oxygens (including phenoxy) is 1. The van der Waals surface area contributed by atoms with E-state index in [0.29, 0.717) is 35.5 Å². The number of benzene rings is 2. The van der Waals surface area contributed by atoms with Crippen molar-refractivity contribution in [3.05, 3.63) is 53.1 Å². The van der Waals surface area contributed by atoms with Gasteiger partial charge in [-0.25, -0.2) is 0 Å². The largest absolute Gasteiger partial charge is 0.504 e. The first kappa shape index (κ1) is 14.6. The van der Waals surface area contributed by atoms with E-state index in [9.17, 15) is 14.7 Å². The van der Waals surface area contributed by atoms with Gasteiger partial charge in [-0.05, 0) is 29.8 Å². The molecule has 1 unspecified atom stereocenters. The Morgan fingerprint density at radius 2 is 2.00 bits per heavy atom. The van der Waals surface area contributed by atoms with E-state index in [1.807, 2.05) is 4.90 Å². The molecule has 1 amide bonds. The molecule has 0 saturated carbocycles. The van der Waals surface area contributed by atoms with Gasteiger partial charge >= 0.3 is 0 Å². The second-order valence-electron chi connectivity index (χ2n) is 5.88. The van der Waals surface area contributed by atoms with Gasteiger partial charge in [0.15, 0.2) is 17.3 Å². The number of phenolic OH excluding ortho intramolecular Hbond substituents is 1. The molecule has 6 nitrogen and oxygen atoms in total. The summed E-state index contributed by atoms with van der Waals surface area (Å²) in [6.45, 7) is 0.525. The number of hydrogen-bond acceptors (Lipinski definition) is 5. The maximum atomic E-state index is 12.5. The van der Waals surface area contributed by atoms with E-state index < -0.39 is 6.17 Å². The number of aromatic hydroxyl groups is 1. The van der Waals surface area contributed by atoms with Gasteiger partial charge in [0.05, 0.1) is 18.4 Å². The van der Waals surface area contributed by atoms with Crippen LogP contribution in [0.5, 0.6) is 11.5 Å². The highest BCUT2D eigenvalue weighted by atomic mass is 16.5. The summed E-state index contributed by atoms with van der Waals surface area (Å²) in [6.07, 6.45) is -0.00773. The van der Waals surface area contributed by atoms with Gasteiger partial charge in [-0.1, -0.05) is 12.1 Å². The molecule has 2 aliphatic heterocycles. The van der Waals surface area contributed by atoms with E-state index in [0.717, 1.165) is 5.56 Å². The molecule has 0 bridgehead atoms. The molecule has 24 heavy (non-hydrogen) atoms. The van der Waals surface area contributed by atoms with Gasteiger partial charge < -0.3 is 20.1 Å². The second kappa shape index (κ2) is 5.26. The van der Waals surface area contributed by atoms with E-state index in [2.05, 4.69) is 5.32 Å². The standard InChI is InChI=1S/C18H16N2O4/c1-24-15-9-10(5-6-14(15)22)17-19-18(23)12-4-2-3-11-13(21)7-8-20(17)16(11)12/h2-6,9,17,22H,7-8H2,1H3,(H,19,23). The predicted octanol–water partition coefficient (Wildman–Crippen LogP) is 2.24. The Morgan fingerprint density at radius 1 is 1.21 bits per heavy atom. The zero-order valence-electron chi connectivity index (χ0n) is 13.1. The molecule has 2 heterocycles. The minimum atomic E-state index is -0.409. The number of phenols is 1. The van der Waals surface area contributed by atoms with E-state index in [4.69, 9.17) is 4.74 Å². The molecule has 122 valence electrons. The van der Waals surface area contributed by atoms with E-state index >= 15 is 0 Å². The monoisotopic (exact) mass is 324 g/mol. The summed E-state index contributed by atoms with van der Waals surface area (Å²) in [5.74, 6) is 0.224. The molecule has 0 radical (unpaired) electrons. The highest BCUT2D eigenvalue weighted by Gasteiger charge is 2.37. The molecule has 0 fully saturated rings. The van der Waals surface area contributed by atoms with Crippen molar-refractivity contribution < 1.29 is 19.4 Å². The van der Waals surface area contributed by atoms with Crippen LogP contribution in [0, 0.1) is 0 Å². The van der Waals surface area contributed by atoms with E-state index in [1.165, 1.54) is 13.2 Å². The third-order valence-corrected chi connectivity index (χ3v) is 4.55. The molecule has 2 aliphatic rings. The number of ketones is 1. The van der Waals surface area contributed by atoms with Crippen molar-refractivity contribution in [1.29, 1.82) is 0 Å².